The van der Waals surface area contributed by atoms with E-state index >= 15 is 0 Å². The SMILES string of the molecule is COc1ccc(F)cc1C(=O)CSc1nc2nc(C)cc(C)n2n1. The molecule has 0 bridgehead atoms. The van der Waals surface area contributed by atoms with Crippen molar-refractivity contribution in [3.63, 3.8) is 0 Å². The fourth-order valence-electron chi connectivity index (χ4n) is 2.32. The van der Waals surface area contributed by atoms with Crippen LogP contribution in [0.3, 0.4) is 0 Å². The van der Waals surface area contributed by atoms with Crippen LogP contribution in [-0.2, 0) is 0 Å². The first-order valence-corrected chi connectivity index (χ1v) is 8.17. The van der Waals surface area contributed by atoms with E-state index in [1.165, 1.54) is 37.1 Å². The Hall–Kier alpha value is -2.48. The molecule has 2 heterocycles. The Morgan fingerprint density at radius 1 is 1.29 bits per heavy atom. The van der Waals surface area contributed by atoms with Crippen LogP contribution >= 0.6 is 11.8 Å². The van der Waals surface area contributed by atoms with Crippen LogP contribution in [0, 0.1) is 19.7 Å². The number of ketones is 1. The number of ether oxygens (including phenoxy) is 1. The summed E-state index contributed by atoms with van der Waals surface area (Å²) in [4.78, 5) is 20.9. The molecule has 6 nitrogen and oxygen atoms in total. The predicted octanol–water partition coefficient (Wildman–Crippen LogP) is 2.86. The lowest BCUT2D eigenvalue weighted by Gasteiger charge is -2.06. The third kappa shape index (κ3) is 3.23. The average molecular weight is 346 g/mol. The number of Topliss-reactive ketones (excluding diaryl/α,β-unsaturated/α-hetero) is 1. The number of methoxy groups -OCH3 is 1. The van der Waals surface area contributed by atoms with Gasteiger partial charge in [-0.25, -0.2) is 13.9 Å². The molecule has 0 spiro atoms. The number of thioether (sulfide) groups is 1. The van der Waals surface area contributed by atoms with E-state index < -0.39 is 5.82 Å². The van der Waals surface area contributed by atoms with Crippen molar-refractivity contribution in [1.29, 1.82) is 0 Å². The van der Waals surface area contributed by atoms with Gasteiger partial charge in [0, 0.05) is 11.4 Å². The number of hydrogen-bond donors (Lipinski definition) is 0. The summed E-state index contributed by atoms with van der Waals surface area (Å²) >= 11 is 1.18. The Bertz CT molecular complexity index is 926. The van der Waals surface area contributed by atoms with Crippen LogP contribution in [0.2, 0.25) is 0 Å². The normalized spacial score (nSPS) is 11.0. The molecule has 2 aromatic heterocycles. The van der Waals surface area contributed by atoms with E-state index in [-0.39, 0.29) is 17.1 Å². The molecule has 0 saturated carbocycles. The number of carbonyl (C=O) groups excluding carboxylic acids is 1. The zero-order chi connectivity index (χ0) is 17.3. The van der Waals surface area contributed by atoms with Crippen LogP contribution in [0.15, 0.2) is 29.4 Å². The third-order valence-corrected chi connectivity index (χ3v) is 4.23. The van der Waals surface area contributed by atoms with Crippen molar-refractivity contribution >= 4 is 23.3 Å². The van der Waals surface area contributed by atoms with Crippen molar-refractivity contribution in [3.8, 4) is 5.75 Å². The molecule has 0 fully saturated rings. The minimum Gasteiger partial charge on any atom is -0.496 e. The molecule has 0 atom stereocenters. The highest BCUT2D eigenvalue weighted by Crippen LogP contribution is 2.23. The quantitative estimate of drug-likeness (QED) is 0.523. The molecule has 1 aromatic carbocycles. The predicted molar refractivity (Wildman–Crippen MR) is 88.3 cm³/mol. The molecule has 24 heavy (non-hydrogen) atoms. The van der Waals surface area contributed by atoms with Gasteiger partial charge in [-0.2, -0.15) is 4.98 Å². The van der Waals surface area contributed by atoms with Gasteiger partial charge in [0.1, 0.15) is 11.6 Å². The van der Waals surface area contributed by atoms with Crippen LogP contribution in [0.5, 0.6) is 5.75 Å². The largest absolute Gasteiger partial charge is 0.496 e. The highest BCUT2D eigenvalue weighted by atomic mass is 32.2. The lowest BCUT2D eigenvalue weighted by molar-refractivity contribution is 0.101. The topological polar surface area (TPSA) is 69.4 Å². The fraction of sp³-hybridized carbons (Fsp3) is 0.250. The highest BCUT2D eigenvalue weighted by molar-refractivity contribution is 7.99. The summed E-state index contributed by atoms with van der Waals surface area (Å²) in [5.74, 6) is 0.180. The number of rotatable bonds is 5. The summed E-state index contributed by atoms with van der Waals surface area (Å²) < 4.78 is 20.1. The van der Waals surface area contributed by atoms with E-state index in [1.807, 2.05) is 19.9 Å². The zero-order valence-corrected chi connectivity index (χ0v) is 14.2. The van der Waals surface area contributed by atoms with Gasteiger partial charge < -0.3 is 4.74 Å². The molecular formula is C16H15FN4O2S. The number of aromatic nitrogens is 4. The second-order valence-electron chi connectivity index (χ2n) is 5.20. The lowest BCUT2D eigenvalue weighted by Crippen LogP contribution is -2.06. The van der Waals surface area contributed by atoms with Gasteiger partial charge in [-0.1, -0.05) is 11.8 Å². The number of hydrogen-bond acceptors (Lipinski definition) is 6. The number of halogens is 1. The standard InChI is InChI=1S/C16H15FN4O2S/c1-9-6-10(2)21-15(18-9)19-16(20-21)24-8-13(22)12-7-11(17)4-5-14(12)23-3/h4-7H,8H2,1-3H3. The van der Waals surface area contributed by atoms with E-state index in [0.29, 0.717) is 16.7 Å². The Balaban J connectivity index is 1.80. The molecule has 0 aliphatic rings. The lowest BCUT2D eigenvalue weighted by atomic mass is 10.1. The van der Waals surface area contributed by atoms with Crippen LogP contribution in [0.1, 0.15) is 21.7 Å². The molecule has 0 radical (unpaired) electrons. The first kappa shape index (κ1) is 16.4. The molecule has 124 valence electrons. The van der Waals surface area contributed by atoms with E-state index in [9.17, 15) is 9.18 Å². The van der Waals surface area contributed by atoms with E-state index in [1.54, 1.807) is 4.52 Å². The number of nitrogens with zero attached hydrogens (tertiary/aromatic N) is 4. The second-order valence-corrected chi connectivity index (χ2v) is 6.14. The van der Waals surface area contributed by atoms with E-state index in [4.69, 9.17) is 4.74 Å². The van der Waals surface area contributed by atoms with Gasteiger partial charge in [-0.15, -0.1) is 5.10 Å². The summed E-state index contributed by atoms with van der Waals surface area (Å²) in [5, 5.41) is 4.77. The van der Waals surface area contributed by atoms with Crippen molar-refractivity contribution in [2.45, 2.75) is 19.0 Å². The molecule has 3 aromatic rings. The minimum absolute atomic E-state index is 0.0781. The van der Waals surface area contributed by atoms with Gasteiger partial charge in [0.15, 0.2) is 5.78 Å². The molecule has 8 heteroatoms. The number of benzene rings is 1. The summed E-state index contributed by atoms with van der Waals surface area (Å²) in [5.41, 5.74) is 1.97. The van der Waals surface area contributed by atoms with E-state index in [0.717, 1.165) is 11.4 Å². The first-order chi connectivity index (χ1) is 11.5. The monoisotopic (exact) mass is 346 g/mol. The summed E-state index contributed by atoms with van der Waals surface area (Å²) in [6.07, 6.45) is 0. The second kappa shape index (κ2) is 6.56. The molecule has 0 amide bonds. The highest BCUT2D eigenvalue weighted by Gasteiger charge is 2.16. The molecule has 0 N–H and O–H groups in total. The van der Waals surface area contributed by atoms with Gasteiger partial charge in [0.2, 0.25) is 5.16 Å². The van der Waals surface area contributed by atoms with Gasteiger partial charge >= 0.3 is 0 Å². The smallest absolute Gasteiger partial charge is 0.253 e. The Morgan fingerprint density at radius 2 is 2.08 bits per heavy atom. The zero-order valence-electron chi connectivity index (χ0n) is 13.4. The number of fused-ring (bicyclic) bond motifs is 1. The maximum absolute atomic E-state index is 13.4. The molecular weight excluding hydrogens is 331 g/mol. The van der Waals surface area contributed by atoms with Crippen molar-refractivity contribution < 1.29 is 13.9 Å². The summed E-state index contributed by atoms with van der Waals surface area (Å²) in [6.45, 7) is 3.79. The third-order valence-electron chi connectivity index (χ3n) is 3.39. The molecule has 3 rings (SSSR count). The first-order valence-electron chi connectivity index (χ1n) is 7.18. The summed E-state index contributed by atoms with van der Waals surface area (Å²) in [7, 11) is 1.44. The summed E-state index contributed by atoms with van der Waals surface area (Å²) in [6, 6.07) is 5.77. The van der Waals surface area contributed by atoms with Crippen LogP contribution < -0.4 is 4.74 Å². The van der Waals surface area contributed by atoms with E-state index in [2.05, 4.69) is 15.1 Å². The van der Waals surface area contributed by atoms with Crippen LogP contribution in [0.4, 0.5) is 4.39 Å². The maximum Gasteiger partial charge on any atom is 0.253 e. The Kier molecular flexibility index (Phi) is 4.48. The minimum atomic E-state index is -0.481. The Labute approximate surface area is 142 Å². The van der Waals surface area contributed by atoms with Crippen molar-refractivity contribution in [2.24, 2.45) is 0 Å². The van der Waals surface area contributed by atoms with Gasteiger partial charge in [-0.3, -0.25) is 4.79 Å². The fourth-order valence-corrected chi connectivity index (χ4v) is 3.02. The van der Waals surface area contributed by atoms with Gasteiger partial charge in [0.25, 0.3) is 5.78 Å². The molecule has 0 saturated heterocycles. The van der Waals surface area contributed by atoms with Crippen LogP contribution in [-0.4, -0.2) is 38.2 Å². The van der Waals surface area contributed by atoms with Crippen molar-refractivity contribution in [2.75, 3.05) is 12.9 Å². The maximum atomic E-state index is 13.4. The van der Waals surface area contributed by atoms with Gasteiger partial charge in [-0.05, 0) is 38.1 Å². The Morgan fingerprint density at radius 3 is 2.83 bits per heavy atom. The van der Waals surface area contributed by atoms with Crippen LogP contribution in [0.25, 0.3) is 5.78 Å². The number of carbonyl (C=O) groups is 1. The molecule has 0 aliphatic carbocycles. The molecule has 0 unspecified atom stereocenters. The van der Waals surface area contributed by atoms with Gasteiger partial charge in [0.05, 0.1) is 18.4 Å². The van der Waals surface area contributed by atoms with Crippen molar-refractivity contribution in [3.05, 3.63) is 47.0 Å². The van der Waals surface area contributed by atoms with Crippen molar-refractivity contribution in [1.82, 2.24) is 19.6 Å². The molecule has 0 aliphatic heterocycles. The number of aryl methyl sites for hydroxylation is 2. The average Bonchev–Trinajstić information content (AvgIpc) is 2.95.